The number of anilines is 2. The number of nitrogens with one attached hydrogen (secondary N) is 1. The van der Waals surface area contributed by atoms with Crippen molar-refractivity contribution in [3.63, 3.8) is 0 Å². The molecular formula is C18H19ClN2O3S. The van der Waals surface area contributed by atoms with Crippen LogP contribution >= 0.6 is 11.6 Å². The number of carbonyl (C=O) groups is 1. The highest BCUT2D eigenvalue weighted by molar-refractivity contribution is 7.92. The van der Waals surface area contributed by atoms with Crippen LogP contribution in [-0.2, 0) is 14.8 Å². The van der Waals surface area contributed by atoms with E-state index in [0.717, 1.165) is 18.5 Å². The monoisotopic (exact) mass is 378 g/mol. The highest BCUT2D eigenvalue weighted by Gasteiger charge is 2.31. The summed E-state index contributed by atoms with van der Waals surface area (Å²) in [6, 6.07) is 11.7. The molecule has 1 aliphatic carbocycles. The molecule has 2 aromatic carbocycles. The van der Waals surface area contributed by atoms with Crippen LogP contribution in [0.3, 0.4) is 0 Å². The van der Waals surface area contributed by atoms with Gasteiger partial charge in [-0.25, -0.2) is 8.42 Å². The molecule has 0 unspecified atom stereocenters. The summed E-state index contributed by atoms with van der Waals surface area (Å²) in [5.74, 6) is -0.00697. The highest BCUT2D eigenvalue weighted by atomic mass is 35.5. The van der Waals surface area contributed by atoms with E-state index in [0.29, 0.717) is 16.3 Å². The van der Waals surface area contributed by atoms with E-state index >= 15 is 0 Å². The zero-order valence-corrected chi connectivity index (χ0v) is 15.6. The third-order valence-corrected chi connectivity index (χ3v) is 5.89. The van der Waals surface area contributed by atoms with E-state index in [1.165, 1.54) is 19.1 Å². The average Bonchev–Trinajstić information content (AvgIpc) is 3.36. The predicted octanol–water partition coefficient (Wildman–Crippen LogP) is 3.96. The molecule has 132 valence electrons. The molecule has 0 spiro atoms. The van der Waals surface area contributed by atoms with E-state index < -0.39 is 10.0 Å². The SMILES string of the molecule is CC(=O)N(c1ccc(NS(=O)(=O)c2ccc(Cl)c(C)c2)cc1)C1CC1. The van der Waals surface area contributed by atoms with Gasteiger partial charge in [-0.15, -0.1) is 0 Å². The van der Waals surface area contributed by atoms with E-state index in [1.807, 2.05) is 0 Å². The van der Waals surface area contributed by atoms with E-state index in [4.69, 9.17) is 11.6 Å². The number of hydrogen-bond donors (Lipinski definition) is 1. The molecule has 5 nitrogen and oxygen atoms in total. The summed E-state index contributed by atoms with van der Waals surface area (Å²) >= 11 is 5.95. The van der Waals surface area contributed by atoms with Crippen LogP contribution in [-0.4, -0.2) is 20.4 Å². The van der Waals surface area contributed by atoms with E-state index in [9.17, 15) is 13.2 Å². The van der Waals surface area contributed by atoms with Gasteiger partial charge in [-0.3, -0.25) is 9.52 Å². The summed E-state index contributed by atoms with van der Waals surface area (Å²) in [4.78, 5) is 13.7. The number of sulfonamides is 1. The molecule has 2 aromatic rings. The Bertz CT molecular complexity index is 906. The summed E-state index contributed by atoms with van der Waals surface area (Å²) in [6.45, 7) is 3.29. The number of benzene rings is 2. The molecule has 0 aromatic heterocycles. The minimum Gasteiger partial charge on any atom is -0.310 e. The van der Waals surface area contributed by atoms with Crippen molar-refractivity contribution in [2.75, 3.05) is 9.62 Å². The van der Waals surface area contributed by atoms with E-state index in [-0.39, 0.29) is 16.8 Å². The van der Waals surface area contributed by atoms with Gasteiger partial charge >= 0.3 is 0 Å². The van der Waals surface area contributed by atoms with Gasteiger partial charge in [-0.1, -0.05) is 11.6 Å². The Balaban J connectivity index is 1.80. The van der Waals surface area contributed by atoms with Crippen LogP contribution in [0.5, 0.6) is 0 Å². The van der Waals surface area contributed by atoms with Crippen molar-refractivity contribution >= 4 is 38.9 Å². The quantitative estimate of drug-likeness (QED) is 0.856. The van der Waals surface area contributed by atoms with Crippen LogP contribution in [0.25, 0.3) is 0 Å². The first-order valence-corrected chi connectivity index (χ1v) is 9.83. The number of amides is 1. The van der Waals surface area contributed by atoms with Crippen molar-refractivity contribution in [3.05, 3.63) is 53.1 Å². The molecule has 0 bridgehead atoms. The average molecular weight is 379 g/mol. The van der Waals surface area contributed by atoms with Crippen molar-refractivity contribution in [2.45, 2.75) is 37.6 Å². The minimum atomic E-state index is -3.70. The minimum absolute atomic E-state index is 0.00697. The Morgan fingerprint density at radius 1 is 1.16 bits per heavy atom. The molecule has 0 heterocycles. The molecule has 0 aliphatic heterocycles. The van der Waals surface area contributed by atoms with Gasteiger partial charge in [0.25, 0.3) is 10.0 Å². The van der Waals surface area contributed by atoms with Crippen LogP contribution in [0.4, 0.5) is 11.4 Å². The molecule has 1 aliphatic rings. The number of halogens is 1. The van der Waals surface area contributed by atoms with Crippen molar-refractivity contribution in [1.82, 2.24) is 0 Å². The Hall–Kier alpha value is -2.05. The van der Waals surface area contributed by atoms with Crippen molar-refractivity contribution in [2.24, 2.45) is 0 Å². The lowest BCUT2D eigenvalue weighted by molar-refractivity contribution is -0.116. The Kier molecular flexibility index (Phi) is 4.75. The van der Waals surface area contributed by atoms with Gasteiger partial charge in [-0.05, 0) is 67.8 Å². The summed E-state index contributed by atoms with van der Waals surface area (Å²) in [5.41, 5.74) is 1.91. The van der Waals surface area contributed by atoms with Crippen LogP contribution < -0.4 is 9.62 Å². The first-order valence-electron chi connectivity index (χ1n) is 7.97. The second-order valence-electron chi connectivity index (χ2n) is 6.18. The lowest BCUT2D eigenvalue weighted by Crippen LogP contribution is -2.30. The zero-order valence-electron chi connectivity index (χ0n) is 14.0. The van der Waals surface area contributed by atoms with Gasteiger partial charge < -0.3 is 4.90 Å². The van der Waals surface area contributed by atoms with Gasteiger partial charge in [0.05, 0.1) is 4.90 Å². The number of hydrogen-bond acceptors (Lipinski definition) is 3. The molecule has 0 atom stereocenters. The normalized spacial score (nSPS) is 14.2. The Morgan fingerprint density at radius 3 is 2.32 bits per heavy atom. The fourth-order valence-electron chi connectivity index (χ4n) is 2.67. The number of rotatable bonds is 5. The van der Waals surface area contributed by atoms with Crippen molar-refractivity contribution in [1.29, 1.82) is 0 Å². The summed E-state index contributed by atoms with van der Waals surface area (Å²) < 4.78 is 27.5. The molecule has 1 fully saturated rings. The maximum absolute atomic E-state index is 12.5. The molecule has 3 rings (SSSR count). The molecule has 1 saturated carbocycles. The van der Waals surface area contributed by atoms with Gasteiger partial charge in [0.2, 0.25) is 5.91 Å². The Labute approximate surface area is 152 Å². The fraction of sp³-hybridized carbons (Fsp3) is 0.278. The van der Waals surface area contributed by atoms with Crippen LogP contribution in [0.15, 0.2) is 47.4 Å². The Morgan fingerprint density at radius 2 is 1.80 bits per heavy atom. The maximum atomic E-state index is 12.5. The van der Waals surface area contributed by atoms with Gasteiger partial charge in [0, 0.05) is 29.4 Å². The fourth-order valence-corrected chi connectivity index (χ4v) is 3.93. The second kappa shape index (κ2) is 6.69. The molecule has 0 saturated heterocycles. The van der Waals surface area contributed by atoms with Crippen molar-refractivity contribution < 1.29 is 13.2 Å². The lowest BCUT2D eigenvalue weighted by Gasteiger charge is -2.21. The van der Waals surface area contributed by atoms with Crippen LogP contribution in [0.2, 0.25) is 5.02 Å². The number of carbonyl (C=O) groups excluding carboxylic acids is 1. The standard InChI is InChI=1S/C18H19ClN2O3S/c1-12-11-17(9-10-18(12)19)25(23,24)20-14-3-5-15(6-4-14)21(13(2)22)16-7-8-16/h3-6,9-11,16,20H,7-8H2,1-2H3. The third kappa shape index (κ3) is 3.96. The lowest BCUT2D eigenvalue weighted by atomic mass is 10.2. The highest BCUT2D eigenvalue weighted by Crippen LogP contribution is 2.32. The molecule has 1 amide bonds. The predicted molar refractivity (Wildman–Crippen MR) is 99.6 cm³/mol. The van der Waals surface area contributed by atoms with Gasteiger partial charge in [0.1, 0.15) is 0 Å². The number of aryl methyl sites for hydroxylation is 1. The smallest absolute Gasteiger partial charge is 0.261 e. The zero-order chi connectivity index (χ0) is 18.2. The number of nitrogens with zero attached hydrogens (tertiary/aromatic N) is 1. The first-order chi connectivity index (χ1) is 11.8. The third-order valence-electron chi connectivity index (χ3n) is 4.09. The van der Waals surface area contributed by atoms with Crippen LogP contribution in [0.1, 0.15) is 25.3 Å². The largest absolute Gasteiger partial charge is 0.310 e. The molecular weight excluding hydrogens is 360 g/mol. The van der Waals surface area contributed by atoms with E-state index in [1.54, 1.807) is 42.2 Å². The molecule has 0 radical (unpaired) electrons. The second-order valence-corrected chi connectivity index (χ2v) is 8.27. The molecule has 7 heteroatoms. The topological polar surface area (TPSA) is 66.5 Å². The van der Waals surface area contributed by atoms with Gasteiger partial charge in [0.15, 0.2) is 0 Å². The van der Waals surface area contributed by atoms with E-state index in [2.05, 4.69) is 4.72 Å². The van der Waals surface area contributed by atoms with Crippen LogP contribution in [0, 0.1) is 6.92 Å². The van der Waals surface area contributed by atoms with Gasteiger partial charge in [-0.2, -0.15) is 0 Å². The molecule has 25 heavy (non-hydrogen) atoms. The summed E-state index contributed by atoms with van der Waals surface area (Å²) in [7, 11) is -3.70. The van der Waals surface area contributed by atoms with Crippen molar-refractivity contribution in [3.8, 4) is 0 Å². The summed E-state index contributed by atoms with van der Waals surface area (Å²) in [6.07, 6.45) is 2.01. The molecule has 1 N–H and O–H groups in total. The first kappa shape index (κ1) is 17.8. The maximum Gasteiger partial charge on any atom is 0.261 e. The summed E-state index contributed by atoms with van der Waals surface area (Å²) in [5, 5.41) is 0.521.